The lowest BCUT2D eigenvalue weighted by molar-refractivity contribution is -0.393. The molecule has 158 valence electrons. The molecule has 1 saturated heterocycles. The Kier molecular flexibility index (Phi) is 6.50. The van der Waals surface area contributed by atoms with Crippen molar-refractivity contribution in [2.24, 2.45) is 0 Å². The van der Waals surface area contributed by atoms with E-state index in [2.05, 4.69) is 26.1 Å². The van der Waals surface area contributed by atoms with Crippen LogP contribution in [0.15, 0.2) is 36.4 Å². The van der Waals surface area contributed by atoms with Crippen molar-refractivity contribution >= 4 is 50.3 Å². The number of amides is 1. The topological polar surface area (TPSA) is 122 Å². The predicted molar refractivity (Wildman–Crippen MR) is 118 cm³/mol. The zero-order chi connectivity index (χ0) is 21.8. The smallest absolute Gasteiger partial charge is 0.299 e. The fourth-order valence-corrected chi connectivity index (χ4v) is 3.54. The van der Waals surface area contributed by atoms with Crippen molar-refractivity contribution in [2.75, 3.05) is 46.6 Å². The second-order valence-electron chi connectivity index (χ2n) is 6.63. The number of anilines is 3. The van der Waals surface area contributed by atoms with Crippen molar-refractivity contribution in [3.8, 4) is 0 Å². The number of benzene rings is 2. The highest BCUT2D eigenvalue weighted by Crippen LogP contribution is 2.38. The van der Waals surface area contributed by atoms with Crippen molar-refractivity contribution in [1.29, 1.82) is 0 Å². The normalized spacial score (nSPS) is 12.4. The van der Waals surface area contributed by atoms with Gasteiger partial charge in [-0.05, 0) is 37.3 Å². The van der Waals surface area contributed by atoms with Gasteiger partial charge in [0.25, 0.3) is 17.3 Å². The van der Waals surface area contributed by atoms with E-state index >= 15 is 0 Å². The van der Waals surface area contributed by atoms with Crippen molar-refractivity contribution in [3.63, 3.8) is 0 Å². The Balaban J connectivity index is 1.88. The van der Waals surface area contributed by atoms with Crippen LogP contribution in [-0.2, 0) is 0 Å². The highest BCUT2D eigenvalue weighted by Gasteiger charge is 2.33. The van der Waals surface area contributed by atoms with E-state index < -0.39 is 21.4 Å². The van der Waals surface area contributed by atoms with E-state index in [0.29, 0.717) is 18.8 Å². The minimum atomic E-state index is -0.781. The standard InChI is InChI=1S/C19H20BrN5O5/c1-2-22(8-7-20)14-5-3-13(4-6-14)21-19(26)15-11-17(23-9-10-23)18(25(29)30)12-16(15)24(27)28/h3-6,11-12H,2,7-10H2,1H3,(H,21,26). The monoisotopic (exact) mass is 477 g/mol. The Hall–Kier alpha value is -3.21. The van der Waals surface area contributed by atoms with Crippen LogP contribution in [0.5, 0.6) is 0 Å². The first-order chi connectivity index (χ1) is 14.3. The molecule has 0 radical (unpaired) electrons. The van der Waals surface area contributed by atoms with Crippen LogP contribution >= 0.6 is 15.9 Å². The molecule has 0 bridgehead atoms. The summed E-state index contributed by atoms with van der Waals surface area (Å²) in [7, 11) is 0. The molecule has 1 N–H and O–H groups in total. The molecule has 0 unspecified atom stereocenters. The maximum Gasteiger partial charge on any atom is 0.299 e. The summed E-state index contributed by atoms with van der Waals surface area (Å²) in [4.78, 5) is 37.9. The number of nitrogens with one attached hydrogen (secondary N) is 1. The Morgan fingerprint density at radius 3 is 2.27 bits per heavy atom. The van der Waals surface area contributed by atoms with Crippen molar-refractivity contribution in [3.05, 3.63) is 62.2 Å². The quantitative estimate of drug-likeness (QED) is 0.252. The minimum absolute atomic E-state index is 0.208. The van der Waals surface area contributed by atoms with Gasteiger partial charge in [0.05, 0.1) is 15.9 Å². The number of rotatable bonds is 9. The average Bonchev–Trinajstić information content (AvgIpc) is 3.56. The number of nitrogens with zero attached hydrogens (tertiary/aromatic N) is 4. The third kappa shape index (κ3) is 4.67. The van der Waals surface area contributed by atoms with Crippen molar-refractivity contribution < 1.29 is 14.6 Å². The summed E-state index contributed by atoms with van der Waals surface area (Å²) in [6.45, 7) is 4.90. The molecule has 1 amide bonds. The first-order valence-electron chi connectivity index (χ1n) is 9.29. The van der Waals surface area contributed by atoms with Gasteiger partial charge >= 0.3 is 0 Å². The van der Waals surface area contributed by atoms with Gasteiger partial charge in [0.1, 0.15) is 11.3 Å². The van der Waals surface area contributed by atoms with Crippen LogP contribution in [0.1, 0.15) is 17.3 Å². The number of carbonyl (C=O) groups excluding carboxylic acids is 1. The lowest BCUT2D eigenvalue weighted by atomic mass is 10.1. The third-order valence-electron chi connectivity index (χ3n) is 4.75. The van der Waals surface area contributed by atoms with Gasteiger partial charge in [-0.2, -0.15) is 0 Å². The van der Waals surface area contributed by atoms with Gasteiger partial charge in [-0.15, -0.1) is 0 Å². The molecule has 0 atom stereocenters. The SMILES string of the molecule is CCN(CCBr)c1ccc(NC(=O)c2cc(N3CC3)c([N+](=O)[O-])cc2[N+](=O)[O-])cc1. The Morgan fingerprint density at radius 2 is 1.77 bits per heavy atom. The number of carbonyl (C=O) groups is 1. The molecule has 1 heterocycles. The average molecular weight is 478 g/mol. The van der Waals surface area contributed by atoms with Crippen molar-refractivity contribution in [1.82, 2.24) is 0 Å². The molecule has 3 rings (SSSR count). The summed E-state index contributed by atoms with van der Waals surface area (Å²) in [5.41, 5.74) is 0.465. The molecule has 2 aromatic rings. The van der Waals surface area contributed by atoms with Gasteiger partial charge < -0.3 is 15.1 Å². The van der Waals surface area contributed by atoms with Crippen LogP contribution in [-0.4, -0.2) is 47.3 Å². The molecule has 1 aliphatic heterocycles. The summed E-state index contributed by atoms with van der Waals surface area (Å²) in [6, 6.07) is 9.22. The number of halogens is 1. The second kappa shape index (κ2) is 9.08. The number of alkyl halides is 1. The van der Waals surface area contributed by atoms with E-state index in [4.69, 9.17) is 0 Å². The maximum atomic E-state index is 12.8. The molecular formula is C19H20BrN5O5. The van der Waals surface area contributed by atoms with E-state index in [1.165, 1.54) is 6.07 Å². The van der Waals surface area contributed by atoms with Crippen LogP contribution in [0.4, 0.5) is 28.4 Å². The van der Waals surface area contributed by atoms with Crippen LogP contribution in [0, 0.1) is 20.2 Å². The van der Waals surface area contributed by atoms with Crippen LogP contribution in [0.3, 0.4) is 0 Å². The van der Waals surface area contributed by atoms with Gasteiger partial charge in [0.15, 0.2) is 0 Å². The van der Waals surface area contributed by atoms with Gasteiger partial charge in [-0.1, -0.05) is 15.9 Å². The molecule has 0 aromatic heterocycles. The third-order valence-corrected chi connectivity index (χ3v) is 5.10. The minimum Gasteiger partial charge on any atom is -0.371 e. The molecular weight excluding hydrogens is 458 g/mol. The lowest BCUT2D eigenvalue weighted by Gasteiger charge is -2.22. The Morgan fingerprint density at radius 1 is 1.13 bits per heavy atom. The molecule has 10 nitrogen and oxygen atoms in total. The maximum absolute atomic E-state index is 12.8. The van der Waals surface area contributed by atoms with Gasteiger partial charge in [-0.25, -0.2) is 0 Å². The Labute approximate surface area is 180 Å². The lowest BCUT2D eigenvalue weighted by Crippen LogP contribution is -2.24. The zero-order valence-corrected chi connectivity index (χ0v) is 17.8. The first kappa shape index (κ1) is 21.5. The summed E-state index contributed by atoms with van der Waals surface area (Å²) < 4.78 is 0. The second-order valence-corrected chi connectivity index (χ2v) is 7.42. The predicted octanol–water partition coefficient (Wildman–Crippen LogP) is 3.80. The number of hydrogen-bond donors (Lipinski definition) is 1. The molecule has 0 aliphatic carbocycles. The van der Waals surface area contributed by atoms with Crippen molar-refractivity contribution in [2.45, 2.75) is 6.92 Å². The molecule has 0 saturated carbocycles. The number of nitro groups is 2. The highest BCUT2D eigenvalue weighted by molar-refractivity contribution is 9.09. The van der Waals surface area contributed by atoms with E-state index in [-0.39, 0.29) is 16.9 Å². The molecule has 30 heavy (non-hydrogen) atoms. The first-order valence-corrected chi connectivity index (χ1v) is 10.4. The summed E-state index contributed by atoms with van der Waals surface area (Å²) >= 11 is 3.41. The number of nitro benzene ring substituents is 2. The molecule has 1 aliphatic rings. The van der Waals surface area contributed by atoms with Crippen LogP contribution in [0.25, 0.3) is 0 Å². The van der Waals surface area contributed by atoms with Gasteiger partial charge in [0.2, 0.25) is 0 Å². The largest absolute Gasteiger partial charge is 0.371 e. The fraction of sp³-hybridized carbons (Fsp3) is 0.316. The van der Waals surface area contributed by atoms with Crippen LogP contribution in [0.2, 0.25) is 0 Å². The molecule has 2 aromatic carbocycles. The summed E-state index contributed by atoms with van der Waals surface area (Å²) in [5, 5.41) is 26.2. The van der Waals surface area contributed by atoms with Gasteiger partial charge in [-0.3, -0.25) is 25.0 Å². The van der Waals surface area contributed by atoms with Crippen LogP contribution < -0.4 is 15.1 Å². The molecule has 0 spiro atoms. The van der Waals surface area contributed by atoms with E-state index in [1.807, 2.05) is 19.1 Å². The van der Waals surface area contributed by atoms with E-state index in [9.17, 15) is 25.0 Å². The fourth-order valence-electron chi connectivity index (χ4n) is 3.11. The zero-order valence-electron chi connectivity index (χ0n) is 16.2. The van der Waals surface area contributed by atoms with E-state index in [0.717, 1.165) is 30.2 Å². The Bertz CT molecular complexity index is 978. The van der Waals surface area contributed by atoms with Gasteiger partial charge in [0, 0.05) is 42.9 Å². The molecule has 11 heteroatoms. The number of hydrogen-bond acceptors (Lipinski definition) is 7. The summed E-state index contributed by atoms with van der Waals surface area (Å²) in [5.74, 6) is -0.694. The molecule has 1 fully saturated rings. The summed E-state index contributed by atoms with van der Waals surface area (Å²) in [6.07, 6.45) is 0. The van der Waals surface area contributed by atoms with E-state index in [1.54, 1.807) is 17.0 Å². The highest BCUT2D eigenvalue weighted by atomic mass is 79.9.